The molecular weight excluding hydrogens is 427 g/mol. The summed E-state index contributed by atoms with van der Waals surface area (Å²) in [6, 6.07) is 14.0. The Kier molecular flexibility index (Phi) is 8.63. The molecule has 2 atom stereocenters. The van der Waals surface area contributed by atoms with Crippen molar-refractivity contribution in [2.75, 3.05) is 39.4 Å². The van der Waals surface area contributed by atoms with Gasteiger partial charge in [0.15, 0.2) is 6.61 Å². The molecule has 2 N–H and O–H groups in total. The van der Waals surface area contributed by atoms with Gasteiger partial charge in [0.05, 0.1) is 0 Å². The lowest BCUT2D eigenvalue weighted by molar-refractivity contribution is -0.123. The third kappa shape index (κ3) is 7.69. The van der Waals surface area contributed by atoms with Crippen LogP contribution in [0.3, 0.4) is 0 Å². The van der Waals surface area contributed by atoms with E-state index in [9.17, 15) is 9.90 Å². The molecule has 1 aliphatic rings. The summed E-state index contributed by atoms with van der Waals surface area (Å²) in [5.41, 5.74) is 0. The van der Waals surface area contributed by atoms with Gasteiger partial charge in [0.2, 0.25) is 0 Å². The zero-order valence-corrected chi connectivity index (χ0v) is 18.1. The number of nitrogens with one attached hydrogen (secondary N) is 1. The molecule has 3 rings (SSSR count). The second-order valence-corrected chi connectivity index (χ2v) is 8.25. The molecule has 0 radical (unpaired) electrons. The molecule has 0 aliphatic carbocycles. The number of carbonyl (C=O) groups is 1. The van der Waals surface area contributed by atoms with Crippen LogP contribution in [-0.2, 0) is 4.79 Å². The Balaban J connectivity index is 1.29. The van der Waals surface area contributed by atoms with E-state index in [4.69, 9.17) is 32.7 Å². The number of hydrogen-bond acceptors (Lipinski definition) is 5. The van der Waals surface area contributed by atoms with Crippen molar-refractivity contribution in [2.45, 2.75) is 12.5 Å². The fourth-order valence-electron chi connectivity index (χ4n) is 3.31. The topological polar surface area (TPSA) is 71.0 Å². The number of halogens is 2. The monoisotopic (exact) mass is 452 g/mol. The number of aliphatic hydroxyl groups is 1. The first-order chi connectivity index (χ1) is 14.5. The highest BCUT2D eigenvalue weighted by molar-refractivity contribution is 6.30. The van der Waals surface area contributed by atoms with Gasteiger partial charge >= 0.3 is 0 Å². The van der Waals surface area contributed by atoms with Crippen molar-refractivity contribution in [1.82, 2.24) is 10.2 Å². The molecule has 1 aliphatic heterocycles. The number of amides is 1. The summed E-state index contributed by atoms with van der Waals surface area (Å²) >= 11 is 11.7. The first-order valence-electron chi connectivity index (χ1n) is 9.92. The van der Waals surface area contributed by atoms with Gasteiger partial charge in [0, 0.05) is 29.7 Å². The van der Waals surface area contributed by atoms with Gasteiger partial charge in [-0.05, 0) is 67.4 Å². The van der Waals surface area contributed by atoms with E-state index in [0.717, 1.165) is 19.5 Å². The van der Waals surface area contributed by atoms with E-state index >= 15 is 0 Å². The number of β-amino-alcohol motifs (C(OH)–C–C–N with tert-alkyl or cyclic N) is 1. The molecule has 2 unspecified atom stereocenters. The van der Waals surface area contributed by atoms with Crippen molar-refractivity contribution in [2.24, 2.45) is 5.92 Å². The number of benzene rings is 2. The summed E-state index contributed by atoms with van der Waals surface area (Å²) in [7, 11) is 0. The Morgan fingerprint density at radius 3 is 2.30 bits per heavy atom. The molecule has 6 nitrogen and oxygen atoms in total. The molecule has 0 bridgehead atoms. The van der Waals surface area contributed by atoms with Gasteiger partial charge in [-0.1, -0.05) is 23.2 Å². The Bertz CT molecular complexity index is 802. The van der Waals surface area contributed by atoms with Crippen LogP contribution in [0.15, 0.2) is 48.5 Å². The van der Waals surface area contributed by atoms with Crippen molar-refractivity contribution < 1.29 is 19.4 Å². The number of nitrogens with zero attached hydrogens (tertiary/aromatic N) is 1. The Morgan fingerprint density at radius 1 is 1.07 bits per heavy atom. The molecule has 30 heavy (non-hydrogen) atoms. The lowest BCUT2D eigenvalue weighted by Crippen LogP contribution is -2.36. The molecule has 162 valence electrons. The second-order valence-electron chi connectivity index (χ2n) is 7.38. The van der Waals surface area contributed by atoms with Crippen LogP contribution in [0.5, 0.6) is 11.5 Å². The molecule has 2 aromatic carbocycles. The van der Waals surface area contributed by atoms with Gasteiger partial charge in [0.25, 0.3) is 5.91 Å². The van der Waals surface area contributed by atoms with Crippen LogP contribution in [-0.4, -0.2) is 61.4 Å². The smallest absolute Gasteiger partial charge is 0.257 e. The fraction of sp³-hybridized carbons (Fsp3) is 0.409. The molecule has 1 saturated heterocycles. The summed E-state index contributed by atoms with van der Waals surface area (Å²) in [6.45, 7) is 3.05. The predicted octanol–water partition coefficient (Wildman–Crippen LogP) is 3.25. The molecule has 0 saturated carbocycles. The van der Waals surface area contributed by atoms with Gasteiger partial charge < -0.3 is 24.8 Å². The van der Waals surface area contributed by atoms with Gasteiger partial charge in [-0.25, -0.2) is 0 Å². The third-order valence-corrected chi connectivity index (χ3v) is 5.37. The number of likely N-dealkylation sites (tertiary alicyclic amines) is 1. The van der Waals surface area contributed by atoms with Crippen LogP contribution in [0.2, 0.25) is 10.0 Å². The van der Waals surface area contributed by atoms with Crippen molar-refractivity contribution in [1.29, 1.82) is 0 Å². The quantitative estimate of drug-likeness (QED) is 0.578. The second kappa shape index (κ2) is 11.4. The van der Waals surface area contributed by atoms with E-state index in [1.54, 1.807) is 48.5 Å². The number of ether oxygens (including phenoxy) is 2. The van der Waals surface area contributed by atoms with Crippen molar-refractivity contribution in [3.8, 4) is 11.5 Å². The lowest BCUT2D eigenvalue weighted by Gasteiger charge is -2.20. The fourth-order valence-corrected chi connectivity index (χ4v) is 3.56. The van der Waals surface area contributed by atoms with Crippen LogP contribution >= 0.6 is 23.2 Å². The molecule has 2 aromatic rings. The van der Waals surface area contributed by atoms with E-state index in [2.05, 4.69) is 10.2 Å². The molecule has 1 amide bonds. The first kappa shape index (κ1) is 22.7. The normalized spacial score (nSPS) is 17.5. The highest BCUT2D eigenvalue weighted by Gasteiger charge is 2.24. The first-order valence-corrected chi connectivity index (χ1v) is 10.7. The maximum atomic E-state index is 12.0. The number of rotatable bonds is 10. The molecular formula is C22H26Cl2N2O4. The molecule has 8 heteroatoms. The zero-order valence-electron chi connectivity index (χ0n) is 16.6. The minimum atomic E-state index is -0.582. The maximum absolute atomic E-state index is 12.0. The Hall–Kier alpha value is -1.99. The van der Waals surface area contributed by atoms with Crippen LogP contribution in [0.25, 0.3) is 0 Å². The third-order valence-electron chi connectivity index (χ3n) is 4.87. The summed E-state index contributed by atoms with van der Waals surface area (Å²) in [6.07, 6.45) is 0.394. The average molecular weight is 453 g/mol. The lowest BCUT2D eigenvalue weighted by atomic mass is 10.1. The molecule has 1 fully saturated rings. The predicted molar refractivity (Wildman–Crippen MR) is 117 cm³/mol. The summed E-state index contributed by atoms with van der Waals surface area (Å²) in [4.78, 5) is 14.2. The van der Waals surface area contributed by atoms with Gasteiger partial charge in [-0.15, -0.1) is 0 Å². The van der Waals surface area contributed by atoms with E-state index in [1.165, 1.54) is 0 Å². The van der Waals surface area contributed by atoms with Gasteiger partial charge in [0.1, 0.15) is 24.2 Å². The largest absolute Gasteiger partial charge is 0.491 e. The van der Waals surface area contributed by atoms with Crippen molar-refractivity contribution in [3.05, 3.63) is 58.6 Å². The minimum absolute atomic E-state index is 0.0290. The number of hydrogen-bond donors (Lipinski definition) is 2. The van der Waals surface area contributed by atoms with Crippen molar-refractivity contribution in [3.63, 3.8) is 0 Å². The Labute approximate surface area is 186 Å². The Morgan fingerprint density at radius 2 is 1.67 bits per heavy atom. The maximum Gasteiger partial charge on any atom is 0.257 e. The van der Waals surface area contributed by atoms with Crippen LogP contribution < -0.4 is 14.8 Å². The average Bonchev–Trinajstić information content (AvgIpc) is 3.18. The van der Waals surface area contributed by atoms with E-state index in [0.29, 0.717) is 40.6 Å². The highest BCUT2D eigenvalue weighted by atomic mass is 35.5. The van der Waals surface area contributed by atoms with E-state index in [-0.39, 0.29) is 19.1 Å². The van der Waals surface area contributed by atoms with E-state index < -0.39 is 6.10 Å². The molecule has 0 spiro atoms. The zero-order chi connectivity index (χ0) is 21.3. The van der Waals surface area contributed by atoms with Gasteiger partial charge in [-0.2, -0.15) is 0 Å². The summed E-state index contributed by atoms with van der Waals surface area (Å²) in [5.74, 6) is 1.49. The van der Waals surface area contributed by atoms with Crippen molar-refractivity contribution >= 4 is 29.1 Å². The molecule has 0 aromatic heterocycles. The molecule has 1 heterocycles. The minimum Gasteiger partial charge on any atom is -0.491 e. The standard InChI is InChI=1S/C22H26Cl2N2O4/c23-17-1-5-20(6-2-17)29-14-19(27)13-26-10-9-16(12-26)11-25-22(28)15-30-21-7-3-18(24)4-8-21/h1-8,16,19,27H,9-15H2,(H,25,28). The van der Waals surface area contributed by atoms with Gasteiger partial charge in [-0.3, -0.25) is 4.79 Å². The highest BCUT2D eigenvalue weighted by Crippen LogP contribution is 2.18. The number of aliphatic hydroxyl groups excluding tert-OH is 1. The number of carbonyl (C=O) groups excluding carboxylic acids is 1. The van der Waals surface area contributed by atoms with Crippen LogP contribution in [0.1, 0.15) is 6.42 Å². The van der Waals surface area contributed by atoms with Crippen LogP contribution in [0.4, 0.5) is 0 Å². The van der Waals surface area contributed by atoms with E-state index in [1.807, 2.05) is 0 Å². The van der Waals surface area contributed by atoms with Crippen LogP contribution in [0, 0.1) is 5.92 Å². The summed E-state index contributed by atoms with van der Waals surface area (Å²) < 4.78 is 11.0. The summed E-state index contributed by atoms with van der Waals surface area (Å²) in [5, 5.41) is 14.4. The SMILES string of the molecule is O=C(COc1ccc(Cl)cc1)NCC1CCN(CC(O)COc2ccc(Cl)cc2)C1.